The number of nitrogens with one attached hydrogen (secondary N) is 1. The van der Waals surface area contributed by atoms with E-state index in [2.05, 4.69) is 21.3 Å². The molecule has 1 saturated heterocycles. The predicted molar refractivity (Wildman–Crippen MR) is 170 cm³/mol. The molecule has 1 N–H and O–H groups in total. The molecule has 1 aromatic carbocycles. The van der Waals surface area contributed by atoms with Crippen LogP contribution in [0.15, 0.2) is 53.6 Å². The number of pyridine rings is 2. The smallest absolute Gasteiger partial charge is 0.333 e. The number of nitriles is 1. The Morgan fingerprint density at radius 3 is 2.43 bits per heavy atom. The molecule has 0 unspecified atom stereocenters. The van der Waals surface area contributed by atoms with Gasteiger partial charge in [0.2, 0.25) is 0 Å². The summed E-state index contributed by atoms with van der Waals surface area (Å²) in [7, 11) is 1.47. The minimum absolute atomic E-state index is 0.0472. The summed E-state index contributed by atoms with van der Waals surface area (Å²) in [5.74, 6) is -0.0991. The molecule has 4 aromatic rings. The number of hydrogen-bond donors (Lipinski definition) is 1. The third-order valence-corrected chi connectivity index (χ3v) is 9.09. The van der Waals surface area contributed by atoms with Crippen LogP contribution in [0.2, 0.25) is 0 Å². The molecule has 12 heteroatoms. The van der Waals surface area contributed by atoms with E-state index < -0.39 is 17.8 Å². The maximum atomic E-state index is 13.8. The molecule has 4 heterocycles. The van der Waals surface area contributed by atoms with E-state index in [1.807, 2.05) is 12.3 Å². The number of imidazole rings is 1. The molecule has 3 aliphatic rings. The fraction of sp³-hybridized carbons (Fsp3) is 0.400. The Morgan fingerprint density at radius 1 is 1.00 bits per heavy atom. The van der Waals surface area contributed by atoms with Crippen molar-refractivity contribution in [1.29, 1.82) is 5.26 Å². The Kier molecular flexibility index (Phi) is 7.96. The standard InChI is InChI=1S/C35H34F3N7O2/c1-43-20-30(35(36,37)38)41-32(43)27-13-21(17-39)5-10-26(27)24-15-29(23-6-7-23)40-31(16-24)42-33(46)28-14-22(18-44-11-3-2-4-12-44)19-45(34(28)47)25-8-9-25/h5,10,13-16,19-20,23,25H,2-4,6-9,11-12,18H2,1H3,(H,40,42,46). The number of alkyl halides is 3. The van der Waals surface area contributed by atoms with Crippen molar-refractivity contribution in [2.75, 3.05) is 18.4 Å². The first kappa shape index (κ1) is 30.9. The number of carbonyl (C=O) groups excluding carboxylic acids is 1. The topological polar surface area (TPSA) is 109 Å². The fourth-order valence-electron chi connectivity index (χ4n) is 6.36. The van der Waals surface area contributed by atoms with Crippen LogP contribution < -0.4 is 10.9 Å². The molecule has 1 aliphatic heterocycles. The predicted octanol–water partition coefficient (Wildman–Crippen LogP) is 6.65. The number of piperidine rings is 1. The summed E-state index contributed by atoms with van der Waals surface area (Å²) in [5.41, 5.74) is 2.07. The van der Waals surface area contributed by atoms with Crippen LogP contribution in [0, 0.1) is 11.3 Å². The van der Waals surface area contributed by atoms with E-state index in [9.17, 15) is 28.0 Å². The van der Waals surface area contributed by atoms with Crippen molar-refractivity contribution < 1.29 is 18.0 Å². The van der Waals surface area contributed by atoms with Crippen molar-refractivity contribution >= 4 is 11.7 Å². The van der Waals surface area contributed by atoms with E-state index in [1.54, 1.807) is 28.8 Å². The number of halogens is 3. The first-order valence-corrected chi connectivity index (χ1v) is 16.0. The van der Waals surface area contributed by atoms with Crippen molar-refractivity contribution in [1.82, 2.24) is 24.0 Å². The van der Waals surface area contributed by atoms with Crippen LogP contribution in [0.5, 0.6) is 0 Å². The highest BCUT2D eigenvalue weighted by Gasteiger charge is 2.35. The largest absolute Gasteiger partial charge is 0.434 e. The Labute approximate surface area is 269 Å². The Hall–Kier alpha value is -4.76. The molecule has 3 aromatic heterocycles. The Bertz CT molecular complexity index is 1960. The average Bonchev–Trinajstić information content (AvgIpc) is 3.99. The van der Waals surface area contributed by atoms with E-state index in [4.69, 9.17) is 4.98 Å². The summed E-state index contributed by atoms with van der Waals surface area (Å²) in [5, 5.41) is 12.5. The third-order valence-electron chi connectivity index (χ3n) is 9.09. The second-order valence-electron chi connectivity index (χ2n) is 12.9. The average molecular weight is 642 g/mol. The van der Waals surface area contributed by atoms with Crippen molar-refractivity contribution in [2.45, 2.75) is 69.6 Å². The Morgan fingerprint density at radius 2 is 1.77 bits per heavy atom. The van der Waals surface area contributed by atoms with Gasteiger partial charge in [-0.3, -0.25) is 14.5 Å². The highest BCUT2D eigenvalue weighted by atomic mass is 19.4. The van der Waals surface area contributed by atoms with Crippen LogP contribution in [-0.4, -0.2) is 43.0 Å². The first-order valence-electron chi connectivity index (χ1n) is 16.0. The van der Waals surface area contributed by atoms with Crippen LogP contribution >= 0.6 is 0 Å². The number of carbonyl (C=O) groups is 1. The zero-order valence-electron chi connectivity index (χ0n) is 26.0. The number of likely N-dealkylation sites (tertiary alicyclic amines) is 1. The molecule has 0 atom stereocenters. The molecule has 2 aliphatic carbocycles. The van der Waals surface area contributed by atoms with Gasteiger partial charge < -0.3 is 14.5 Å². The lowest BCUT2D eigenvalue weighted by atomic mass is 9.96. The van der Waals surface area contributed by atoms with E-state index in [0.717, 1.165) is 69.1 Å². The number of hydrogen-bond acceptors (Lipinski definition) is 6. The molecule has 0 radical (unpaired) electrons. The second kappa shape index (κ2) is 12.1. The number of aryl methyl sites for hydroxylation is 1. The van der Waals surface area contributed by atoms with Gasteiger partial charge in [0.1, 0.15) is 17.2 Å². The summed E-state index contributed by atoms with van der Waals surface area (Å²) in [6, 6.07) is 12.1. The van der Waals surface area contributed by atoms with E-state index >= 15 is 0 Å². The lowest BCUT2D eigenvalue weighted by Gasteiger charge is -2.26. The van der Waals surface area contributed by atoms with Crippen molar-refractivity contribution in [3.63, 3.8) is 0 Å². The minimum Gasteiger partial charge on any atom is -0.333 e. The zero-order chi connectivity index (χ0) is 32.9. The summed E-state index contributed by atoms with van der Waals surface area (Å²) >= 11 is 0. The third kappa shape index (κ3) is 6.58. The Balaban J connectivity index is 1.26. The van der Waals surface area contributed by atoms with Crippen LogP contribution in [0.25, 0.3) is 22.5 Å². The van der Waals surface area contributed by atoms with Gasteiger partial charge in [0.05, 0.1) is 11.6 Å². The molecular formula is C35H34F3N7O2. The zero-order valence-corrected chi connectivity index (χ0v) is 26.0. The van der Waals surface area contributed by atoms with Gasteiger partial charge in [0.25, 0.3) is 11.5 Å². The highest BCUT2D eigenvalue weighted by molar-refractivity contribution is 6.04. The van der Waals surface area contributed by atoms with Crippen molar-refractivity contribution in [2.24, 2.45) is 7.05 Å². The maximum absolute atomic E-state index is 13.8. The summed E-state index contributed by atoms with van der Waals surface area (Å²) in [4.78, 5) is 38.3. The van der Waals surface area contributed by atoms with Gasteiger partial charge in [-0.2, -0.15) is 18.4 Å². The van der Waals surface area contributed by atoms with Gasteiger partial charge in [-0.05, 0) is 98.6 Å². The highest BCUT2D eigenvalue weighted by Crippen LogP contribution is 2.42. The number of anilines is 1. The van der Waals surface area contributed by atoms with Crippen LogP contribution in [-0.2, 0) is 19.8 Å². The van der Waals surface area contributed by atoms with Crippen molar-refractivity contribution in [3.05, 3.63) is 87.2 Å². The van der Waals surface area contributed by atoms with Gasteiger partial charge in [-0.1, -0.05) is 12.5 Å². The fourth-order valence-corrected chi connectivity index (χ4v) is 6.36. The molecule has 47 heavy (non-hydrogen) atoms. The number of benzene rings is 1. The number of aromatic nitrogens is 4. The number of nitrogens with zero attached hydrogens (tertiary/aromatic N) is 6. The lowest BCUT2D eigenvalue weighted by Crippen LogP contribution is -2.32. The summed E-state index contributed by atoms with van der Waals surface area (Å²) < 4.78 is 43.7. The number of amides is 1. The lowest BCUT2D eigenvalue weighted by molar-refractivity contribution is -0.140. The molecule has 9 nitrogen and oxygen atoms in total. The molecule has 0 spiro atoms. The molecule has 2 saturated carbocycles. The van der Waals surface area contributed by atoms with E-state index in [0.29, 0.717) is 23.2 Å². The SMILES string of the molecule is Cn1cc(C(F)(F)F)nc1-c1cc(C#N)ccc1-c1cc(NC(=O)c2cc(CN3CCCCC3)cn(C3CC3)c2=O)nc(C2CC2)c1. The summed E-state index contributed by atoms with van der Waals surface area (Å²) in [6.45, 7) is 2.63. The van der Waals surface area contributed by atoms with Crippen LogP contribution in [0.4, 0.5) is 19.0 Å². The van der Waals surface area contributed by atoms with Gasteiger partial charge in [0.15, 0.2) is 5.69 Å². The van der Waals surface area contributed by atoms with E-state index in [-0.39, 0.29) is 40.3 Å². The van der Waals surface area contributed by atoms with Gasteiger partial charge in [-0.25, -0.2) is 9.97 Å². The summed E-state index contributed by atoms with van der Waals surface area (Å²) in [6.07, 6.45) is 5.28. The van der Waals surface area contributed by atoms with Crippen LogP contribution in [0.3, 0.4) is 0 Å². The quantitative estimate of drug-likeness (QED) is 0.231. The molecular weight excluding hydrogens is 607 g/mol. The molecule has 1 amide bonds. The van der Waals surface area contributed by atoms with Gasteiger partial charge in [0, 0.05) is 49.2 Å². The number of rotatable bonds is 8. The second-order valence-corrected chi connectivity index (χ2v) is 12.9. The van der Waals surface area contributed by atoms with Crippen LogP contribution in [0.1, 0.15) is 89.8 Å². The van der Waals surface area contributed by atoms with Gasteiger partial charge in [-0.15, -0.1) is 0 Å². The van der Waals surface area contributed by atoms with Crippen molar-refractivity contribution in [3.8, 4) is 28.6 Å². The normalized spacial score (nSPS) is 17.0. The molecule has 0 bridgehead atoms. The maximum Gasteiger partial charge on any atom is 0.434 e. The minimum atomic E-state index is -4.64. The molecule has 3 fully saturated rings. The molecule has 242 valence electrons. The monoisotopic (exact) mass is 641 g/mol. The van der Waals surface area contributed by atoms with E-state index in [1.165, 1.54) is 24.1 Å². The molecule has 7 rings (SSSR count). The first-order chi connectivity index (χ1) is 22.6. The van der Waals surface area contributed by atoms with Gasteiger partial charge >= 0.3 is 6.18 Å².